The van der Waals surface area contributed by atoms with Gasteiger partial charge in [-0.25, -0.2) is 4.98 Å². The maximum atomic E-state index is 9.66. The number of piperidine rings is 1. The lowest BCUT2D eigenvalue weighted by Gasteiger charge is -2.37. The lowest BCUT2D eigenvalue weighted by Crippen LogP contribution is -2.39. The van der Waals surface area contributed by atoms with Gasteiger partial charge >= 0.3 is 0 Å². The summed E-state index contributed by atoms with van der Waals surface area (Å²) in [6.45, 7) is 4.58. The van der Waals surface area contributed by atoms with Crippen molar-refractivity contribution in [3.05, 3.63) is 18.2 Å². The molecule has 2 N–H and O–H groups in total. The van der Waals surface area contributed by atoms with Gasteiger partial charge in [0.15, 0.2) is 0 Å². The van der Waals surface area contributed by atoms with Crippen molar-refractivity contribution in [2.45, 2.75) is 63.0 Å². The van der Waals surface area contributed by atoms with E-state index in [1.165, 1.54) is 18.5 Å². The minimum Gasteiger partial charge on any atom is -0.393 e. The molecule has 1 saturated heterocycles. The summed E-state index contributed by atoms with van der Waals surface area (Å²) in [6, 6.07) is 0.535. The zero-order valence-corrected chi connectivity index (χ0v) is 11.8. The fraction of sp³-hybridized carbons (Fsp3) is 0.800. The van der Waals surface area contributed by atoms with E-state index in [1.54, 1.807) is 0 Å². The van der Waals surface area contributed by atoms with Crippen LogP contribution in [0.3, 0.4) is 0 Å². The molecular weight excluding hydrogens is 238 g/mol. The zero-order valence-electron chi connectivity index (χ0n) is 11.8. The number of rotatable bonds is 2. The molecule has 106 valence electrons. The second-order valence-electron chi connectivity index (χ2n) is 6.46. The van der Waals surface area contributed by atoms with Crippen molar-refractivity contribution in [2.24, 2.45) is 0 Å². The molecule has 2 fully saturated rings. The second kappa shape index (κ2) is 5.25. The summed E-state index contributed by atoms with van der Waals surface area (Å²) >= 11 is 0. The van der Waals surface area contributed by atoms with Crippen LogP contribution in [-0.4, -0.2) is 33.9 Å². The van der Waals surface area contributed by atoms with Crippen LogP contribution in [0.25, 0.3) is 0 Å². The number of imidazole rings is 1. The van der Waals surface area contributed by atoms with Crippen molar-refractivity contribution in [2.75, 3.05) is 13.1 Å². The van der Waals surface area contributed by atoms with Crippen molar-refractivity contribution < 1.29 is 5.11 Å². The van der Waals surface area contributed by atoms with Crippen LogP contribution in [0.4, 0.5) is 0 Å². The minimum absolute atomic E-state index is 0.0855. The summed E-state index contributed by atoms with van der Waals surface area (Å²) in [5.41, 5.74) is 1.66. The molecule has 1 aromatic rings. The highest BCUT2D eigenvalue weighted by atomic mass is 16.3. The third-order valence-electron chi connectivity index (χ3n) is 5.05. The Kier molecular flexibility index (Phi) is 3.63. The maximum absolute atomic E-state index is 9.66. The Morgan fingerprint density at radius 3 is 2.63 bits per heavy atom. The molecule has 0 radical (unpaired) electrons. The quantitative estimate of drug-likeness (QED) is 0.858. The molecule has 1 aliphatic carbocycles. The van der Waals surface area contributed by atoms with E-state index in [0.717, 1.165) is 38.8 Å². The molecule has 2 aliphatic rings. The third kappa shape index (κ3) is 2.56. The first-order valence-electron chi connectivity index (χ1n) is 7.60. The molecule has 1 aromatic heterocycles. The monoisotopic (exact) mass is 263 g/mol. The van der Waals surface area contributed by atoms with Gasteiger partial charge in [-0.05, 0) is 51.6 Å². The van der Waals surface area contributed by atoms with Gasteiger partial charge in [-0.15, -0.1) is 0 Å². The van der Waals surface area contributed by atoms with Gasteiger partial charge in [0, 0.05) is 23.3 Å². The van der Waals surface area contributed by atoms with Crippen molar-refractivity contribution in [1.82, 2.24) is 14.9 Å². The molecule has 2 heterocycles. The van der Waals surface area contributed by atoms with E-state index in [2.05, 4.69) is 28.0 Å². The number of aliphatic hydroxyl groups excluding tert-OH is 1. The topological polar surface area (TPSA) is 50.1 Å². The van der Waals surface area contributed by atoms with Gasteiger partial charge in [-0.2, -0.15) is 0 Å². The normalized spacial score (nSPS) is 31.3. The Labute approximate surface area is 115 Å². The first-order chi connectivity index (χ1) is 9.19. The van der Waals surface area contributed by atoms with E-state index in [1.807, 2.05) is 6.33 Å². The predicted octanol–water partition coefficient (Wildman–Crippen LogP) is 2.00. The lowest BCUT2D eigenvalue weighted by atomic mass is 9.78. The maximum Gasteiger partial charge on any atom is 0.0950 e. The average molecular weight is 263 g/mol. The molecule has 1 saturated carbocycles. The van der Waals surface area contributed by atoms with Crippen LogP contribution >= 0.6 is 0 Å². The van der Waals surface area contributed by atoms with E-state index >= 15 is 0 Å². The number of aliphatic hydroxyl groups is 1. The third-order valence-corrected chi connectivity index (χ3v) is 5.05. The number of nitrogens with zero attached hydrogens (tertiary/aromatic N) is 2. The number of hydrogen-bond donors (Lipinski definition) is 2. The van der Waals surface area contributed by atoms with Crippen LogP contribution in [0.5, 0.6) is 0 Å². The summed E-state index contributed by atoms with van der Waals surface area (Å²) < 4.78 is 2.40. The van der Waals surface area contributed by atoms with Crippen molar-refractivity contribution in [3.8, 4) is 0 Å². The minimum atomic E-state index is -0.0855. The molecule has 4 nitrogen and oxygen atoms in total. The molecule has 0 unspecified atom stereocenters. The largest absolute Gasteiger partial charge is 0.393 e. The molecule has 19 heavy (non-hydrogen) atoms. The Morgan fingerprint density at radius 1 is 1.26 bits per heavy atom. The fourth-order valence-corrected chi connectivity index (χ4v) is 3.63. The fourth-order valence-electron chi connectivity index (χ4n) is 3.63. The van der Waals surface area contributed by atoms with E-state index in [0.29, 0.717) is 6.04 Å². The Morgan fingerprint density at radius 2 is 1.95 bits per heavy atom. The van der Waals surface area contributed by atoms with E-state index < -0.39 is 0 Å². The summed E-state index contributed by atoms with van der Waals surface area (Å²) in [5, 5.41) is 13.1. The number of hydrogen-bond acceptors (Lipinski definition) is 3. The molecule has 0 bridgehead atoms. The smallest absolute Gasteiger partial charge is 0.0950 e. The summed E-state index contributed by atoms with van der Waals surface area (Å²) in [6.07, 6.45) is 10.4. The highest BCUT2D eigenvalue weighted by Gasteiger charge is 2.33. The first kappa shape index (κ1) is 13.1. The van der Waals surface area contributed by atoms with Crippen molar-refractivity contribution >= 4 is 0 Å². The van der Waals surface area contributed by atoms with Gasteiger partial charge in [-0.3, -0.25) is 0 Å². The second-order valence-corrected chi connectivity index (χ2v) is 6.46. The van der Waals surface area contributed by atoms with Crippen molar-refractivity contribution in [3.63, 3.8) is 0 Å². The molecule has 1 aliphatic heterocycles. The molecular formula is C15H25N3O. The standard InChI is InChI=1S/C15H25N3O/c1-15(6-8-16-9-7-15)14-10-17-11-18(14)12-2-4-13(19)5-3-12/h10-13,16,19H,2-9H2,1H3. The van der Waals surface area contributed by atoms with Crippen LogP contribution in [0, 0.1) is 0 Å². The average Bonchev–Trinajstić information content (AvgIpc) is 2.90. The summed E-state index contributed by atoms with van der Waals surface area (Å²) in [4.78, 5) is 4.42. The Hall–Kier alpha value is -0.870. The highest BCUT2D eigenvalue weighted by molar-refractivity contribution is 5.16. The molecule has 0 atom stereocenters. The number of aromatic nitrogens is 2. The Bertz CT molecular complexity index is 415. The highest BCUT2D eigenvalue weighted by Crippen LogP contribution is 2.37. The van der Waals surface area contributed by atoms with E-state index in [4.69, 9.17) is 0 Å². The lowest BCUT2D eigenvalue weighted by molar-refractivity contribution is 0.109. The van der Waals surface area contributed by atoms with Gasteiger partial charge in [-0.1, -0.05) is 6.92 Å². The molecule has 0 aromatic carbocycles. The van der Waals surface area contributed by atoms with Gasteiger partial charge in [0.25, 0.3) is 0 Å². The Balaban J connectivity index is 1.81. The van der Waals surface area contributed by atoms with Crippen LogP contribution in [-0.2, 0) is 5.41 Å². The van der Waals surface area contributed by atoms with Crippen LogP contribution in [0.2, 0.25) is 0 Å². The van der Waals surface area contributed by atoms with Crippen LogP contribution in [0.1, 0.15) is 57.2 Å². The molecule has 4 heteroatoms. The summed E-state index contributed by atoms with van der Waals surface area (Å²) in [7, 11) is 0. The zero-order chi connectivity index (χ0) is 13.3. The van der Waals surface area contributed by atoms with Gasteiger partial charge in [0.05, 0.1) is 12.4 Å². The van der Waals surface area contributed by atoms with Gasteiger partial charge in [0.1, 0.15) is 0 Å². The van der Waals surface area contributed by atoms with Crippen LogP contribution < -0.4 is 5.32 Å². The van der Waals surface area contributed by atoms with Crippen molar-refractivity contribution in [1.29, 1.82) is 0 Å². The van der Waals surface area contributed by atoms with Gasteiger partial charge < -0.3 is 15.0 Å². The molecule has 0 spiro atoms. The number of nitrogens with one attached hydrogen (secondary N) is 1. The first-order valence-corrected chi connectivity index (χ1v) is 7.60. The summed E-state index contributed by atoms with van der Waals surface area (Å²) in [5.74, 6) is 0. The molecule has 3 rings (SSSR count). The predicted molar refractivity (Wildman–Crippen MR) is 75.2 cm³/mol. The van der Waals surface area contributed by atoms with E-state index in [9.17, 15) is 5.11 Å². The van der Waals surface area contributed by atoms with Gasteiger partial charge in [0.2, 0.25) is 0 Å². The van der Waals surface area contributed by atoms with Crippen LogP contribution in [0.15, 0.2) is 12.5 Å². The SMILES string of the molecule is CC1(c2cncn2C2CCC(O)CC2)CCNCC1. The molecule has 0 amide bonds. The van der Waals surface area contributed by atoms with E-state index in [-0.39, 0.29) is 11.5 Å².